The van der Waals surface area contributed by atoms with E-state index in [1.54, 1.807) is 18.1 Å². The third-order valence-electron chi connectivity index (χ3n) is 5.76. The molecule has 9 nitrogen and oxygen atoms in total. The molecule has 1 N–H and O–H groups in total. The monoisotopic (exact) mass is 402 g/mol. The second-order valence-corrected chi connectivity index (χ2v) is 7.44. The minimum Gasteiger partial charge on any atom is -0.468 e. The number of hydrogen-bond donors (Lipinski definition) is 1. The van der Waals surface area contributed by atoms with Crippen molar-refractivity contribution in [3.05, 3.63) is 44.6 Å². The number of carbonyl (C=O) groups excluding carboxylic acids is 1. The first kappa shape index (κ1) is 19.7. The maximum atomic E-state index is 12.2. The molecule has 2 fully saturated rings. The summed E-state index contributed by atoms with van der Waals surface area (Å²) in [4.78, 5) is 41.9. The van der Waals surface area contributed by atoms with Gasteiger partial charge in [0.15, 0.2) is 0 Å². The summed E-state index contributed by atoms with van der Waals surface area (Å²) in [6.07, 6.45) is 1.64. The SMILES string of the molecule is CC(=O)N1CCN(c2c(NC[C@@H](c3ccco3)N3CCOCC3)c(=O)c2=O)CC1. The first-order valence-electron chi connectivity index (χ1n) is 9.99. The largest absolute Gasteiger partial charge is 0.468 e. The van der Waals surface area contributed by atoms with Gasteiger partial charge >= 0.3 is 0 Å². The number of rotatable bonds is 6. The zero-order valence-electron chi connectivity index (χ0n) is 16.6. The van der Waals surface area contributed by atoms with Gasteiger partial charge in [-0.05, 0) is 12.1 Å². The molecule has 2 aliphatic heterocycles. The number of carbonyl (C=O) groups is 1. The molecule has 3 heterocycles. The van der Waals surface area contributed by atoms with E-state index in [4.69, 9.17) is 9.15 Å². The van der Waals surface area contributed by atoms with Crippen LogP contribution in [0.3, 0.4) is 0 Å². The summed E-state index contributed by atoms with van der Waals surface area (Å²) in [6, 6.07) is 3.71. The van der Waals surface area contributed by atoms with Gasteiger partial charge in [0.1, 0.15) is 17.1 Å². The Labute approximate surface area is 168 Å². The average Bonchev–Trinajstić information content (AvgIpc) is 3.28. The quantitative estimate of drug-likeness (QED) is 0.677. The molecule has 1 aromatic heterocycles. The smallest absolute Gasteiger partial charge is 0.253 e. The molecule has 156 valence electrons. The van der Waals surface area contributed by atoms with E-state index >= 15 is 0 Å². The van der Waals surface area contributed by atoms with Crippen LogP contribution in [-0.4, -0.2) is 74.7 Å². The van der Waals surface area contributed by atoms with Crippen LogP contribution in [0.2, 0.25) is 0 Å². The first-order valence-corrected chi connectivity index (χ1v) is 9.99. The zero-order chi connectivity index (χ0) is 20.4. The van der Waals surface area contributed by atoms with E-state index in [1.807, 2.05) is 17.0 Å². The van der Waals surface area contributed by atoms with Crippen molar-refractivity contribution in [2.75, 3.05) is 69.2 Å². The molecule has 0 radical (unpaired) electrons. The maximum absolute atomic E-state index is 12.2. The second-order valence-electron chi connectivity index (χ2n) is 7.44. The molecule has 0 aliphatic carbocycles. The molecule has 0 bridgehead atoms. The predicted molar refractivity (Wildman–Crippen MR) is 108 cm³/mol. The fourth-order valence-electron chi connectivity index (χ4n) is 4.07. The molecule has 0 saturated carbocycles. The van der Waals surface area contributed by atoms with Gasteiger partial charge in [-0.25, -0.2) is 0 Å². The molecule has 2 aromatic rings. The van der Waals surface area contributed by atoms with Gasteiger partial charge < -0.3 is 24.3 Å². The van der Waals surface area contributed by atoms with E-state index in [-0.39, 0.29) is 11.9 Å². The van der Waals surface area contributed by atoms with E-state index < -0.39 is 10.9 Å². The molecule has 2 aliphatic rings. The number of amides is 1. The third kappa shape index (κ3) is 3.92. The number of hydrogen-bond acceptors (Lipinski definition) is 8. The second kappa shape index (κ2) is 8.38. The van der Waals surface area contributed by atoms with Crippen molar-refractivity contribution in [2.45, 2.75) is 13.0 Å². The van der Waals surface area contributed by atoms with Gasteiger partial charge in [-0.15, -0.1) is 0 Å². The molecule has 2 saturated heterocycles. The first-order chi connectivity index (χ1) is 14.1. The Bertz CT molecular complexity index is 904. The average molecular weight is 402 g/mol. The fraction of sp³-hybridized carbons (Fsp3) is 0.550. The molecular weight excluding hydrogens is 376 g/mol. The molecule has 29 heavy (non-hydrogen) atoms. The van der Waals surface area contributed by atoms with Gasteiger partial charge in [-0.3, -0.25) is 19.3 Å². The van der Waals surface area contributed by atoms with Crippen LogP contribution >= 0.6 is 0 Å². The van der Waals surface area contributed by atoms with Crippen LogP contribution in [0.4, 0.5) is 11.4 Å². The maximum Gasteiger partial charge on any atom is 0.253 e. The van der Waals surface area contributed by atoms with E-state index in [1.165, 1.54) is 0 Å². The van der Waals surface area contributed by atoms with Gasteiger partial charge in [0.25, 0.3) is 10.9 Å². The van der Waals surface area contributed by atoms with Gasteiger partial charge in [-0.1, -0.05) is 0 Å². The van der Waals surface area contributed by atoms with Crippen molar-refractivity contribution < 1.29 is 13.9 Å². The van der Waals surface area contributed by atoms with Crippen molar-refractivity contribution in [1.82, 2.24) is 9.80 Å². The van der Waals surface area contributed by atoms with E-state index in [2.05, 4.69) is 10.2 Å². The van der Waals surface area contributed by atoms with Crippen LogP contribution in [-0.2, 0) is 9.53 Å². The Morgan fingerprint density at radius 1 is 1.10 bits per heavy atom. The molecule has 9 heteroatoms. The molecular formula is C20H26N4O5. The Morgan fingerprint density at radius 3 is 2.45 bits per heavy atom. The Kier molecular flexibility index (Phi) is 5.68. The minimum atomic E-state index is -0.478. The highest BCUT2D eigenvalue weighted by atomic mass is 16.5. The van der Waals surface area contributed by atoms with Crippen LogP contribution in [0.25, 0.3) is 0 Å². The number of nitrogens with zero attached hydrogens (tertiary/aromatic N) is 3. The third-order valence-corrected chi connectivity index (χ3v) is 5.76. The molecule has 1 amide bonds. The van der Waals surface area contributed by atoms with E-state index in [0.717, 1.165) is 18.8 Å². The van der Waals surface area contributed by atoms with E-state index in [9.17, 15) is 14.4 Å². The van der Waals surface area contributed by atoms with Crippen LogP contribution in [0.15, 0.2) is 32.4 Å². The summed E-state index contributed by atoms with van der Waals surface area (Å²) >= 11 is 0. The number of furan rings is 1. The van der Waals surface area contributed by atoms with E-state index in [0.29, 0.717) is 57.3 Å². The summed E-state index contributed by atoms with van der Waals surface area (Å²) in [6.45, 7) is 7.06. The standard InChI is InChI=1S/C20H26N4O5/c1-14(25)22-4-6-24(7-5-22)18-17(19(26)20(18)27)21-13-15(16-3-2-10-29-16)23-8-11-28-12-9-23/h2-3,10,15,21H,4-9,11-13H2,1H3/t15-/m0/s1. The van der Waals surface area contributed by atoms with Crippen LogP contribution in [0.5, 0.6) is 0 Å². The van der Waals surface area contributed by atoms with Crippen molar-refractivity contribution in [3.8, 4) is 0 Å². The highest BCUT2D eigenvalue weighted by Gasteiger charge is 2.31. The van der Waals surface area contributed by atoms with Gasteiger partial charge in [0.05, 0.1) is 25.5 Å². The lowest BCUT2D eigenvalue weighted by molar-refractivity contribution is -0.129. The highest BCUT2D eigenvalue weighted by Crippen LogP contribution is 2.26. The summed E-state index contributed by atoms with van der Waals surface area (Å²) < 4.78 is 11.1. The lowest BCUT2D eigenvalue weighted by Crippen LogP contribution is -2.52. The predicted octanol–water partition coefficient (Wildman–Crippen LogP) is 0.0295. The summed E-state index contributed by atoms with van der Waals surface area (Å²) in [7, 11) is 0. The molecule has 1 atom stereocenters. The summed E-state index contributed by atoms with van der Waals surface area (Å²) in [5, 5.41) is 3.21. The topological polar surface area (TPSA) is 95.3 Å². The van der Waals surface area contributed by atoms with Crippen LogP contribution in [0.1, 0.15) is 18.7 Å². The minimum absolute atomic E-state index is 0.0276. The Balaban J connectivity index is 1.47. The highest BCUT2D eigenvalue weighted by molar-refractivity contribution is 5.77. The summed E-state index contributed by atoms with van der Waals surface area (Å²) in [5.74, 6) is 0.842. The lowest BCUT2D eigenvalue weighted by Gasteiger charge is -2.37. The fourth-order valence-corrected chi connectivity index (χ4v) is 4.07. The van der Waals surface area contributed by atoms with Gasteiger partial charge in [-0.2, -0.15) is 0 Å². The number of ether oxygens (including phenoxy) is 1. The molecule has 1 aromatic carbocycles. The van der Waals surface area contributed by atoms with Crippen molar-refractivity contribution in [2.24, 2.45) is 0 Å². The lowest BCUT2D eigenvalue weighted by atomic mass is 10.1. The number of morpholine rings is 1. The van der Waals surface area contributed by atoms with Gasteiger partial charge in [0, 0.05) is 52.7 Å². The van der Waals surface area contributed by atoms with Crippen molar-refractivity contribution >= 4 is 17.3 Å². The van der Waals surface area contributed by atoms with Crippen molar-refractivity contribution in [1.29, 1.82) is 0 Å². The normalized spacial score (nSPS) is 19.5. The Hall–Kier alpha value is -2.65. The number of nitrogens with one attached hydrogen (secondary N) is 1. The zero-order valence-corrected chi connectivity index (χ0v) is 16.6. The molecule has 0 spiro atoms. The van der Waals surface area contributed by atoms with Crippen LogP contribution in [0, 0.1) is 0 Å². The molecule has 0 unspecified atom stereocenters. The van der Waals surface area contributed by atoms with Gasteiger partial charge in [0.2, 0.25) is 5.91 Å². The Morgan fingerprint density at radius 2 is 1.83 bits per heavy atom. The van der Waals surface area contributed by atoms with Crippen molar-refractivity contribution in [3.63, 3.8) is 0 Å². The number of anilines is 2. The van der Waals surface area contributed by atoms with Crippen LogP contribution < -0.4 is 21.1 Å². The molecule has 4 rings (SSSR count). The summed E-state index contributed by atoms with van der Waals surface area (Å²) in [5.41, 5.74) is -0.117. The number of piperazine rings is 1.